The first-order valence-electron chi connectivity index (χ1n) is 6.66. The number of halogens is 3. The molecule has 0 aliphatic carbocycles. The van der Waals surface area contributed by atoms with Gasteiger partial charge in [0.15, 0.2) is 0 Å². The van der Waals surface area contributed by atoms with Crippen LogP contribution in [-0.2, 0) is 0 Å². The van der Waals surface area contributed by atoms with Gasteiger partial charge in [0.25, 0.3) is 0 Å². The molecule has 2 nitrogen and oxygen atoms in total. The fourth-order valence-corrected chi connectivity index (χ4v) is 4.27. The molecule has 1 aliphatic rings. The second-order valence-corrected chi connectivity index (χ2v) is 7.75. The third-order valence-electron chi connectivity index (χ3n) is 3.67. The van der Waals surface area contributed by atoms with Gasteiger partial charge in [-0.05, 0) is 43.4 Å². The van der Waals surface area contributed by atoms with Crippen LogP contribution in [0.1, 0.15) is 37.0 Å². The first-order valence-corrected chi connectivity index (χ1v) is 9.01. The number of hydrogen-bond donors (Lipinski definition) is 0. The van der Waals surface area contributed by atoms with E-state index in [-0.39, 0.29) is 5.38 Å². The summed E-state index contributed by atoms with van der Waals surface area (Å²) in [5.74, 6) is 3.28. The van der Waals surface area contributed by atoms with Crippen LogP contribution in [0.4, 0.5) is 0 Å². The number of aromatic nitrogens is 2. The molecule has 0 bridgehead atoms. The van der Waals surface area contributed by atoms with Crippen molar-refractivity contribution in [3.63, 3.8) is 0 Å². The van der Waals surface area contributed by atoms with E-state index < -0.39 is 0 Å². The van der Waals surface area contributed by atoms with Gasteiger partial charge in [0, 0.05) is 6.04 Å². The van der Waals surface area contributed by atoms with Crippen molar-refractivity contribution in [1.29, 1.82) is 0 Å². The molecular weight excluding hydrogens is 335 g/mol. The zero-order valence-electron chi connectivity index (χ0n) is 11.1. The van der Waals surface area contributed by atoms with E-state index in [9.17, 15) is 0 Å². The molecule has 0 saturated carbocycles. The minimum Gasteiger partial charge on any atom is -0.324 e. The van der Waals surface area contributed by atoms with E-state index in [1.165, 1.54) is 11.5 Å². The molecule has 20 heavy (non-hydrogen) atoms. The maximum absolute atomic E-state index is 6.32. The number of imidazole rings is 1. The van der Waals surface area contributed by atoms with Crippen LogP contribution in [0.5, 0.6) is 0 Å². The second kappa shape index (κ2) is 5.96. The SMILES string of the molecule is CC(Cl)c1nc2cc(Cl)c(Cl)cc2n1C1CCSCC1. The molecule has 2 heterocycles. The lowest BCUT2D eigenvalue weighted by Crippen LogP contribution is -2.17. The molecule has 108 valence electrons. The Morgan fingerprint density at radius 1 is 1.25 bits per heavy atom. The Morgan fingerprint density at radius 3 is 2.55 bits per heavy atom. The van der Waals surface area contributed by atoms with Gasteiger partial charge in [0.05, 0.1) is 26.5 Å². The van der Waals surface area contributed by atoms with E-state index in [1.807, 2.05) is 30.8 Å². The highest BCUT2D eigenvalue weighted by Gasteiger charge is 2.24. The second-order valence-electron chi connectivity index (χ2n) is 5.05. The van der Waals surface area contributed by atoms with Crippen LogP contribution < -0.4 is 0 Å². The molecule has 1 unspecified atom stereocenters. The van der Waals surface area contributed by atoms with Crippen molar-refractivity contribution in [2.75, 3.05) is 11.5 Å². The van der Waals surface area contributed by atoms with E-state index in [0.29, 0.717) is 16.1 Å². The summed E-state index contributed by atoms with van der Waals surface area (Å²) in [6, 6.07) is 4.20. The minimum absolute atomic E-state index is 0.130. The molecule has 1 atom stereocenters. The van der Waals surface area contributed by atoms with Crippen LogP contribution in [0.2, 0.25) is 10.0 Å². The Bertz CT molecular complexity index is 633. The summed E-state index contributed by atoms with van der Waals surface area (Å²) < 4.78 is 2.27. The number of fused-ring (bicyclic) bond motifs is 1. The van der Waals surface area contributed by atoms with Gasteiger partial charge in [0.2, 0.25) is 0 Å². The molecule has 1 fully saturated rings. The molecule has 1 aromatic carbocycles. The van der Waals surface area contributed by atoms with E-state index in [1.54, 1.807) is 0 Å². The standard InChI is InChI=1S/C14H15Cl3N2S/c1-8(15)14-18-12-6-10(16)11(17)7-13(12)19(14)9-2-4-20-5-3-9/h6-9H,2-5H2,1H3. The van der Waals surface area contributed by atoms with Gasteiger partial charge in [-0.2, -0.15) is 11.8 Å². The summed E-state index contributed by atoms with van der Waals surface area (Å²) in [5.41, 5.74) is 1.92. The predicted octanol–water partition coefficient (Wildman–Crippen LogP) is 5.71. The Balaban J connectivity index is 2.20. The number of nitrogens with zero attached hydrogens (tertiary/aromatic N) is 2. The lowest BCUT2D eigenvalue weighted by Gasteiger charge is -2.26. The van der Waals surface area contributed by atoms with Crippen molar-refractivity contribution < 1.29 is 0 Å². The van der Waals surface area contributed by atoms with Gasteiger partial charge < -0.3 is 4.57 Å². The molecule has 3 rings (SSSR count). The summed E-state index contributed by atoms with van der Waals surface area (Å²) in [4.78, 5) is 4.67. The van der Waals surface area contributed by atoms with E-state index in [4.69, 9.17) is 34.8 Å². The molecule has 0 N–H and O–H groups in total. The Labute approximate surface area is 137 Å². The average molecular weight is 350 g/mol. The third kappa shape index (κ3) is 2.66. The highest BCUT2D eigenvalue weighted by atomic mass is 35.5. The van der Waals surface area contributed by atoms with Crippen LogP contribution >= 0.6 is 46.6 Å². The van der Waals surface area contributed by atoms with Crippen LogP contribution in [0, 0.1) is 0 Å². The van der Waals surface area contributed by atoms with Crippen molar-refractivity contribution in [1.82, 2.24) is 9.55 Å². The molecule has 1 aromatic heterocycles. The van der Waals surface area contributed by atoms with Gasteiger partial charge in [0.1, 0.15) is 5.82 Å². The monoisotopic (exact) mass is 348 g/mol. The molecule has 0 spiro atoms. The smallest absolute Gasteiger partial charge is 0.127 e. The lowest BCUT2D eigenvalue weighted by molar-refractivity contribution is 0.464. The van der Waals surface area contributed by atoms with Crippen molar-refractivity contribution in [3.8, 4) is 0 Å². The molecule has 6 heteroatoms. The number of rotatable bonds is 2. The predicted molar refractivity (Wildman–Crippen MR) is 89.6 cm³/mol. The van der Waals surface area contributed by atoms with Crippen molar-refractivity contribution in [2.45, 2.75) is 31.2 Å². The summed E-state index contributed by atoms with van der Waals surface area (Å²) in [6.07, 6.45) is 2.29. The number of benzene rings is 1. The van der Waals surface area contributed by atoms with E-state index in [0.717, 1.165) is 29.7 Å². The zero-order chi connectivity index (χ0) is 14.3. The maximum atomic E-state index is 6.32. The average Bonchev–Trinajstić information content (AvgIpc) is 2.79. The van der Waals surface area contributed by atoms with E-state index in [2.05, 4.69) is 9.55 Å². The normalized spacial score (nSPS) is 18.6. The highest BCUT2D eigenvalue weighted by Crippen LogP contribution is 2.37. The van der Waals surface area contributed by atoms with Crippen molar-refractivity contribution >= 4 is 57.6 Å². The Morgan fingerprint density at radius 2 is 1.90 bits per heavy atom. The summed E-state index contributed by atoms with van der Waals surface area (Å²) >= 11 is 20.6. The van der Waals surface area contributed by atoms with Gasteiger partial charge in [-0.25, -0.2) is 4.98 Å². The number of alkyl halides is 1. The van der Waals surface area contributed by atoms with Crippen LogP contribution in [-0.4, -0.2) is 21.1 Å². The first kappa shape index (κ1) is 14.8. The maximum Gasteiger partial charge on any atom is 0.127 e. The quantitative estimate of drug-likeness (QED) is 0.646. The summed E-state index contributed by atoms with van der Waals surface area (Å²) in [6.45, 7) is 1.96. The van der Waals surface area contributed by atoms with Gasteiger partial charge in [-0.15, -0.1) is 11.6 Å². The van der Waals surface area contributed by atoms with Gasteiger partial charge >= 0.3 is 0 Å². The van der Waals surface area contributed by atoms with Crippen LogP contribution in [0.3, 0.4) is 0 Å². The third-order valence-corrected chi connectivity index (χ3v) is 5.64. The molecule has 1 saturated heterocycles. The van der Waals surface area contributed by atoms with Crippen molar-refractivity contribution in [3.05, 3.63) is 28.0 Å². The fourth-order valence-electron chi connectivity index (χ4n) is 2.72. The molecule has 0 amide bonds. The summed E-state index contributed by atoms with van der Waals surface area (Å²) in [7, 11) is 0. The highest BCUT2D eigenvalue weighted by molar-refractivity contribution is 7.99. The lowest BCUT2D eigenvalue weighted by atomic mass is 10.1. The Kier molecular flexibility index (Phi) is 4.42. The van der Waals surface area contributed by atoms with Gasteiger partial charge in [-0.1, -0.05) is 23.2 Å². The minimum atomic E-state index is -0.130. The van der Waals surface area contributed by atoms with Crippen molar-refractivity contribution in [2.24, 2.45) is 0 Å². The first-order chi connectivity index (χ1) is 9.58. The van der Waals surface area contributed by atoms with Crippen LogP contribution in [0.25, 0.3) is 11.0 Å². The number of hydrogen-bond acceptors (Lipinski definition) is 2. The topological polar surface area (TPSA) is 17.8 Å². The fraction of sp³-hybridized carbons (Fsp3) is 0.500. The van der Waals surface area contributed by atoms with Gasteiger partial charge in [-0.3, -0.25) is 0 Å². The largest absolute Gasteiger partial charge is 0.324 e. The molecular formula is C14H15Cl3N2S. The van der Waals surface area contributed by atoms with E-state index >= 15 is 0 Å². The molecule has 1 aliphatic heterocycles. The zero-order valence-corrected chi connectivity index (χ0v) is 14.2. The van der Waals surface area contributed by atoms with Crippen LogP contribution in [0.15, 0.2) is 12.1 Å². The number of thioether (sulfide) groups is 1. The molecule has 2 aromatic rings. The summed E-state index contributed by atoms with van der Waals surface area (Å²) in [5, 5.41) is 0.977. The molecule has 0 radical (unpaired) electrons. The Hall–Kier alpha value is -0.0900.